The summed E-state index contributed by atoms with van der Waals surface area (Å²) in [5.41, 5.74) is 0.232. The molecule has 0 amide bonds. The van der Waals surface area contributed by atoms with Gasteiger partial charge >= 0.3 is 11.3 Å². The molecule has 3 aromatic rings. The highest BCUT2D eigenvalue weighted by Crippen LogP contribution is 2.45. The Kier molecular flexibility index (Phi) is 3.68. The minimum Gasteiger partial charge on any atom is -0.497 e. The smallest absolute Gasteiger partial charge is 0.343 e. The summed E-state index contributed by atoms with van der Waals surface area (Å²) < 4.78 is 21.6. The third kappa shape index (κ3) is 2.50. The Morgan fingerprint density at radius 3 is 1.81 bits per heavy atom. The molecular weight excluding hydrogens is 336 g/mol. The lowest BCUT2D eigenvalue weighted by Gasteiger charge is -2.26. The van der Waals surface area contributed by atoms with Crippen molar-refractivity contribution in [3.8, 4) is 17.2 Å². The van der Waals surface area contributed by atoms with Gasteiger partial charge in [0.2, 0.25) is 0 Å². The largest absolute Gasteiger partial charge is 0.497 e. The zero-order valence-electron chi connectivity index (χ0n) is 14.5. The Morgan fingerprint density at radius 2 is 1.35 bits per heavy atom. The summed E-state index contributed by atoms with van der Waals surface area (Å²) in [6.45, 7) is 3.35. The number of benzene rings is 1. The number of hydrogen-bond donors (Lipinski definition) is 0. The van der Waals surface area contributed by atoms with Crippen LogP contribution in [0, 0.1) is 13.8 Å². The molecule has 6 heteroatoms. The van der Waals surface area contributed by atoms with Gasteiger partial charge in [-0.1, -0.05) is 12.1 Å². The zero-order valence-corrected chi connectivity index (χ0v) is 14.5. The van der Waals surface area contributed by atoms with Gasteiger partial charge in [0.15, 0.2) is 0 Å². The van der Waals surface area contributed by atoms with Crippen molar-refractivity contribution in [2.24, 2.45) is 0 Å². The van der Waals surface area contributed by atoms with Crippen molar-refractivity contribution in [1.29, 1.82) is 0 Å². The van der Waals surface area contributed by atoms with E-state index in [1.165, 1.54) is 0 Å². The van der Waals surface area contributed by atoms with E-state index in [1.54, 1.807) is 57.4 Å². The first kappa shape index (κ1) is 16.2. The number of hydrogen-bond acceptors (Lipinski definition) is 6. The molecule has 0 atom stereocenters. The summed E-state index contributed by atoms with van der Waals surface area (Å²) >= 11 is 0. The molecule has 0 radical (unpaired) electrons. The van der Waals surface area contributed by atoms with E-state index >= 15 is 0 Å². The fourth-order valence-electron chi connectivity index (χ4n) is 3.27. The van der Waals surface area contributed by atoms with Crippen molar-refractivity contribution in [2.45, 2.75) is 19.8 Å². The molecule has 0 aliphatic carbocycles. The molecule has 132 valence electrons. The normalized spacial score (nSPS) is 12.9. The van der Waals surface area contributed by atoms with Crippen molar-refractivity contribution in [3.05, 3.63) is 85.4 Å². The summed E-state index contributed by atoms with van der Waals surface area (Å²) in [7, 11) is 1.57. The highest BCUT2D eigenvalue weighted by Gasteiger charge is 2.35. The predicted molar refractivity (Wildman–Crippen MR) is 93.4 cm³/mol. The highest BCUT2D eigenvalue weighted by molar-refractivity contribution is 5.57. The van der Waals surface area contributed by atoms with Crippen LogP contribution in [-0.4, -0.2) is 7.11 Å². The molecule has 1 aromatic carbocycles. The molecule has 6 nitrogen and oxygen atoms in total. The zero-order chi connectivity index (χ0) is 18.4. The molecule has 3 heterocycles. The minimum absolute atomic E-state index is 0.282. The molecule has 0 bridgehead atoms. The Labute approximate surface area is 148 Å². The van der Waals surface area contributed by atoms with Crippen LogP contribution in [0.5, 0.6) is 17.2 Å². The van der Waals surface area contributed by atoms with E-state index in [-0.39, 0.29) is 11.1 Å². The Balaban J connectivity index is 2.03. The van der Waals surface area contributed by atoms with Crippen LogP contribution in [0.2, 0.25) is 0 Å². The highest BCUT2D eigenvalue weighted by atomic mass is 16.5. The summed E-state index contributed by atoms with van der Waals surface area (Å²) in [4.78, 5) is 25.2. The fraction of sp³-hybridized carbons (Fsp3) is 0.200. The molecule has 0 spiro atoms. The molecule has 4 rings (SSSR count). The van der Waals surface area contributed by atoms with Gasteiger partial charge in [-0.05, 0) is 31.5 Å². The van der Waals surface area contributed by atoms with E-state index in [0.717, 1.165) is 5.56 Å². The van der Waals surface area contributed by atoms with Crippen LogP contribution >= 0.6 is 0 Å². The Bertz CT molecular complexity index is 1040. The lowest BCUT2D eigenvalue weighted by molar-refractivity contribution is 0.388. The van der Waals surface area contributed by atoms with Gasteiger partial charge in [0, 0.05) is 12.1 Å². The molecule has 26 heavy (non-hydrogen) atoms. The molecule has 2 aromatic heterocycles. The minimum atomic E-state index is -0.645. The van der Waals surface area contributed by atoms with Crippen molar-refractivity contribution in [3.63, 3.8) is 0 Å². The maximum atomic E-state index is 12.6. The van der Waals surface area contributed by atoms with Crippen LogP contribution < -0.4 is 20.7 Å². The van der Waals surface area contributed by atoms with Crippen molar-refractivity contribution < 1.29 is 18.3 Å². The van der Waals surface area contributed by atoms with E-state index in [4.69, 9.17) is 18.3 Å². The van der Waals surface area contributed by atoms with Crippen LogP contribution in [0.25, 0.3) is 0 Å². The molecular formula is C20H16O6. The lowest BCUT2D eigenvalue weighted by Crippen LogP contribution is -2.26. The summed E-state index contributed by atoms with van der Waals surface area (Å²) in [6.07, 6.45) is 0. The molecule has 1 aliphatic rings. The summed E-state index contributed by atoms with van der Waals surface area (Å²) in [6, 6.07) is 10.5. The van der Waals surface area contributed by atoms with E-state index in [0.29, 0.717) is 28.8 Å². The third-order valence-electron chi connectivity index (χ3n) is 4.39. The lowest BCUT2D eigenvalue weighted by atomic mass is 9.84. The first-order valence-corrected chi connectivity index (χ1v) is 8.09. The molecule has 0 N–H and O–H groups in total. The van der Waals surface area contributed by atoms with Gasteiger partial charge in [-0.3, -0.25) is 0 Å². The van der Waals surface area contributed by atoms with Crippen molar-refractivity contribution >= 4 is 0 Å². The molecule has 0 saturated heterocycles. The Morgan fingerprint density at radius 1 is 0.846 bits per heavy atom. The summed E-state index contributed by atoms with van der Waals surface area (Å²) in [5.74, 6) is 1.67. The van der Waals surface area contributed by atoms with Gasteiger partial charge in [-0.2, -0.15) is 0 Å². The topological polar surface area (TPSA) is 78.9 Å². The second-order valence-electron chi connectivity index (χ2n) is 6.15. The average molecular weight is 352 g/mol. The van der Waals surface area contributed by atoms with Gasteiger partial charge in [-0.15, -0.1) is 0 Å². The number of rotatable bonds is 2. The van der Waals surface area contributed by atoms with Crippen LogP contribution in [0.3, 0.4) is 0 Å². The number of fused-ring (bicyclic) bond motifs is 2. The SMILES string of the molecule is COc1ccc(C2c3c(cc(C)oc3=O)Oc3cc(C)oc(=O)c32)cc1. The first-order valence-electron chi connectivity index (χ1n) is 8.09. The van der Waals surface area contributed by atoms with Crippen LogP contribution in [0.15, 0.2) is 54.8 Å². The van der Waals surface area contributed by atoms with Gasteiger partial charge in [0.1, 0.15) is 28.8 Å². The fourth-order valence-corrected chi connectivity index (χ4v) is 3.27. The molecule has 0 fully saturated rings. The van der Waals surface area contributed by atoms with Gasteiger partial charge in [-0.25, -0.2) is 9.59 Å². The maximum Gasteiger partial charge on any atom is 0.343 e. The van der Waals surface area contributed by atoms with Gasteiger partial charge in [0.25, 0.3) is 0 Å². The van der Waals surface area contributed by atoms with Gasteiger partial charge in [0.05, 0.1) is 24.2 Å². The number of ether oxygens (including phenoxy) is 2. The van der Waals surface area contributed by atoms with E-state index in [9.17, 15) is 9.59 Å². The van der Waals surface area contributed by atoms with E-state index < -0.39 is 17.2 Å². The predicted octanol–water partition coefficient (Wildman–Crippen LogP) is 3.50. The summed E-state index contributed by atoms with van der Waals surface area (Å²) in [5, 5.41) is 0. The van der Waals surface area contributed by atoms with E-state index in [1.807, 2.05) is 0 Å². The van der Waals surface area contributed by atoms with Crippen molar-refractivity contribution in [1.82, 2.24) is 0 Å². The van der Waals surface area contributed by atoms with Crippen molar-refractivity contribution in [2.75, 3.05) is 7.11 Å². The molecule has 0 unspecified atom stereocenters. The van der Waals surface area contributed by atoms with E-state index in [2.05, 4.69) is 0 Å². The maximum absolute atomic E-state index is 12.6. The monoisotopic (exact) mass is 352 g/mol. The Hall–Kier alpha value is -3.28. The van der Waals surface area contributed by atoms with Gasteiger partial charge < -0.3 is 18.3 Å². The van der Waals surface area contributed by atoms with Crippen LogP contribution in [-0.2, 0) is 0 Å². The first-order chi connectivity index (χ1) is 12.5. The molecule has 0 saturated carbocycles. The quantitative estimate of drug-likeness (QED) is 0.549. The van der Waals surface area contributed by atoms with Crippen LogP contribution in [0.1, 0.15) is 34.1 Å². The second-order valence-corrected chi connectivity index (χ2v) is 6.15. The standard InChI is InChI=1S/C20H16O6/c1-10-8-14-17(19(21)24-10)16(12-4-6-13(23-3)7-5-12)18-15(26-14)9-11(2)25-20(18)22/h4-9,16H,1-3H3. The third-order valence-corrected chi connectivity index (χ3v) is 4.39. The second kappa shape index (κ2) is 5.91. The van der Waals surface area contributed by atoms with Crippen LogP contribution in [0.4, 0.5) is 0 Å². The number of methoxy groups -OCH3 is 1. The molecule has 1 aliphatic heterocycles. The average Bonchev–Trinajstić information content (AvgIpc) is 2.59. The number of aryl methyl sites for hydroxylation is 2.